The van der Waals surface area contributed by atoms with Gasteiger partial charge in [0.05, 0.1) is 10.6 Å². The summed E-state index contributed by atoms with van der Waals surface area (Å²) in [5.74, 6) is -0.679. The van der Waals surface area contributed by atoms with Gasteiger partial charge in [-0.05, 0) is 62.1 Å². The van der Waals surface area contributed by atoms with Crippen molar-refractivity contribution in [3.8, 4) is 0 Å². The number of para-hydroxylation sites is 1. The fourth-order valence-corrected chi connectivity index (χ4v) is 6.22. The summed E-state index contributed by atoms with van der Waals surface area (Å²) in [7, 11) is -4.04. The van der Waals surface area contributed by atoms with Crippen LogP contribution < -0.4 is 9.62 Å². The molecule has 4 rings (SSSR count). The molecule has 7 nitrogen and oxygen atoms in total. The van der Waals surface area contributed by atoms with Crippen molar-refractivity contribution in [1.82, 2.24) is 10.2 Å². The SMILES string of the molecule is Cc1ccccc1CN(C(=O)CN(c1ccccc1)S(=O)(=O)c1ccccc1)C(C)C(=O)NC1CCCC1. The Labute approximate surface area is 225 Å². The Hall–Kier alpha value is -3.65. The van der Waals surface area contributed by atoms with Gasteiger partial charge in [-0.3, -0.25) is 13.9 Å². The van der Waals surface area contributed by atoms with Gasteiger partial charge >= 0.3 is 0 Å². The number of hydrogen-bond acceptors (Lipinski definition) is 4. The van der Waals surface area contributed by atoms with Crippen LogP contribution in [0.3, 0.4) is 0 Å². The molecule has 0 bridgehead atoms. The zero-order chi connectivity index (χ0) is 27.1. The molecule has 0 spiro atoms. The lowest BCUT2D eigenvalue weighted by Gasteiger charge is -2.32. The number of nitrogens with one attached hydrogen (secondary N) is 1. The lowest BCUT2D eigenvalue weighted by atomic mass is 10.1. The van der Waals surface area contributed by atoms with E-state index in [1.54, 1.807) is 55.5 Å². The molecule has 200 valence electrons. The molecule has 1 aliphatic rings. The number of hydrogen-bond donors (Lipinski definition) is 1. The maximum Gasteiger partial charge on any atom is 0.264 e. The maximum atomic E-state index is 13.9. The van der Waals surface area contributed by atoms with Crippen molar-refractivity contribution in [2.45, 2.75) is 63.1 Å². The maximum absolute atomic E-state index is 13.9. The molecule has 0 aliphatic heterocycles. The Balaban J connectivity index is 1.66. The van der Waals surface area contributed by atoms with Crippen molar-refractivity contribution >= 4 is 27.5 Å². The Kier molecular flexibility index (Phi) is 8.84. The van der Waals surface area contributed by atoms with Crippen LogP contribution in [0, 0.1) is 6.92 Å². The molecule has 2 amide bonds. The van der Waals surface area contributed by atoms with Crippen LogP contribution in [-0.4, -0.2) is 43.8 Å². The Morgan fingerprint density at radius 3 is 2.11 bits per heavy atom. The topological polar surface area (TPSA) is 86.8 Å². The first-order chi connectivity index (χ1) is 18.3. The van der Waals surface area contributed by atoms with E-state index >= 15 is 0 Å². The minimum absolute atomic E-state index is 0.0918. The van der Waals surface area contributed by atoms with Gasteiger partial charge in [0.15, 0.2) is 0 Å². The van der Waals surface area contributed by atoms with Crippen LogP contribution in [0.4, 0.5) is 5.69 Å². The van der Waals surface area contributed by atoms with Crippen LogP contribution in [0.15, 0.2) is 89.8 Å². The average molecular weight is 534 g/mol. The molecule has 8 heteroatoms. The van der Waals surface area contributed by atoms with Gasteiger partial charge in [0.25, 0.3) is 10.0 Å². The number of sulfonamides is 1. The van der Waals surface area contributed by atoms with Crippen molar-refractivity contribution in [3.63, 3.8) is 0 Å². The Morgan fingerprint density at radius 1 is 0.895 bits per heavy atom. The van der Waals surface area contributed by atoms with Crippen molar-refractivity contribution in [2.75, 3.05) is 10.8 Å². The minimum Gasteiger partial charge on any atom is -0.352 e. The van der Waals surface area contributed by atoms with Gasteiger partial charge in [0, 0.05) is 12.6 Å². The number of nitrogens with zero attached hydrogens (tertiary/aromatic N) is 2. The van der Waals surface area contributed by atoms with E-state index in [0.717, 1.165) is 41.1 Å². The highest BCUT2D eigenvalue weighted by Crippen LogP contribution is 2.25. The number of benzene rings is 3. The fourth-order valence-electron chi connectivity index (χ4n) is 4.79. The van der Waals surface area contributed by atoms with E-state index < -0.39 is 28.5 Å². The molecular formula is C30H35N3O4S. The predicted octanol–water partition coefficient (Wildman–Crippen LogP) is 4.67. The van der Waals surface area contributed by atoms with Crippen LogP contribution in [0.5, 0.6) is 0 Å². The van der Waals surface area contributed by atoms with E-state index in [1.165, 1.54) is 17.0 Å². The smallest absolute Gasteiger partial charge is 0.264 e. The second-order valence-corrected chi connectivity index (χ2v) is 11.6. The summed E-state index contributed by atoms with van der Waals surface area (Å²) in [4.78, 5) is 28.8. The van der Waals surface area contributed by atoms with Gasteiger partial charge in [-0.15, -0.1) is 0 Å². The lowest BCUT2D eigenvalue weighted by Crippen LogP contribution is -2.52. The van der Waals surface area contributed by atoms with Crippen molar-refractivity contribution in [1.29, 1.82) is 0 Å². The molecule has 1 saturated carbocycles. The summed E-state index contributed by atoms with van der Waals surface area (Å²) in [6, 6.07) is 23.7. The third kappa shape index (κ3) is 6.42. The largest absolute Gasteiger partial charge is 0.352 e. The number of carbonyl (C=O) groups is 2. The predicted molar refractivity (Wildman–Crippen MR) is 149 cm³/mol. The standard InChI is InChI=1S/C30H35N3O4S/c1-23-13-9-10-14-25(23)21-32(24(2)30(35)31-26-15-11-12-16-26)29(34)22-33(27-17-5-3-6-18-27)38(36,37)28-19-7-4-8-20-28/h3-10,13-14,17-20,24,26H,11-12,15-16,21-22H2,1-2H3,(H,31,35). The van der Waals surface area contributed by atoms with E-state index in [0.29, 0.717) is 5.69 Å². The fraction of sp³-hybridized carbons (Fsp3) is 0.333. The first-order valence-corrected chi connectivity index (χ1v) is 14.5. The first-order valence-electron chi connectivity index (χ1n) is 13.0. The van der Waals surface area contributed by atoms with Gasteiger partial charge in [0.1, 0.15) is 12.6 Å². The number of anilines is 1. The number of amides is 2. The molecule has 0 aromatic heterocycles. The third-order valence-electron chi connectivity index (χ3n) is 7.13. The average Bonchev–Trinajstić information content (AvgIpc) is 3.44. The van der Waals surface area contributed by atoms with Crippen LogP contribution in [0.2, 0.25) is 0 Å². The van der Waals surface area contributed by atoms with Gasteiger partial charge < -0.3 is 10.2 Å². The molecule has 1 aliphatic carbocycles. The van der Waals surface area contributed by atoms with E-state index in [1.807, 2.05) is 31.2 Å². The molecule has 0 saturated heterocycles. The second-order valence-electron chi connectivity index (χ2n) is 9.77. The molecule has 1 atom stereocenters. The van der Waals surface area contributed by atoms with Crippen LogP contribution in [0.25, 0.3) is 0 Å². The highest BCUT2D eigenvalue weighted by atomic mass is 32.2. The van der Waals surface area contributed by atoms with Crippen molar-refractivity contribution < 1.29 is 18.0 Å². The number of rotatable bonds is 10. The summed E-state index contributed by atoms with van der Waals surface area (Å²) in [5.41, 5.74) is 2.27. The molecule has 1 N–H and O–H groups in total. The molecule has 38 heavy (non-hydrogen) atoms. The van der Waals surface area contributed by atoms with Crippen molar-refractivity contribution in [3.05, 3.63) is 96.1 Å². The summed E-state index contributed by atoms with van der Waals surface area (Å²) in [6.07, 6.45) is 4.02. The summed E-state index contributed by atoms with van der Waals surface area (Å²) >= 11 is 0. The number of carbonyl (C=O) groups excluding carboxylic acids is 2. The Morgan fingerprint density at radius 2 is 1.47 bits per heavy atom. The normalized spacial score (nSPS) is 14.6. The molecule has 0 radical (unpaired) electrons. The molecular weight excluding hydrogens is 498 g/mol. The molecule has 1 unspecified atom stereocenters. The monoisotopic (exact) mass is 533 g/mol. The van der Waals surface area contributed by atoms with Gasteiger partial charge in [-0.25, -0.2) is 8.42 Å². The Bertz CT molecular complexity index is 1340. The van der Waals surface area contributed by atoms with E-state index in [-0.39, 0.29) is 23.4 Å². The van der Waals surface area contributed by atoms with E-state index in [2.05, 4.69) is 5.32 Å². The molecule has 3 aromatic carbocycles. The molecule has 0 heterocycles. The quantitative estimate of drug-likeness (QED) is 0.411. The molecule has 3 aromatic rings. The van der Waals surface area contributed by atoms with E-state index in [4.69, 9.17) is 0 Å². The minimum atomic E-state index is -4.04. The van der Waals surface area contributed by atoms with Gasteiger partial charge in [-0.1, -0.05) is 73.5 Å². The lowest BCUT2D eigenvalue weighted by molar-refractivity contribution is -0.139. The third-order valence-corrected chi connectivity index (χ3v) is 8.91. The number of aryl methyl sites for hydroxylation is 1. The van der Waals surface area contributed by atoms with Crippen LogP contribution in [-0.2, 0) is 26.2 Å². The summed E-state index contributed by atoms with van der Waals surface area (Å²) in [6.45, 7) is 3.42. The van der Waals surface area contributed by atoms with Crippen molar-refractivity contribution in [2.24, 2.45) is 0 Å². The zero-order valence-corrected chi connectivity index (χ0v) is 22.7. The van der Waals surface area contributed by atoms with Gasteiger partial charge in [-0.2, -0.15) is 0 Å². The molecule has 1 fully saturated rings. The highest BCUT2D eigenvalue weighted by molar-refractivity contribution is 7.92. The van der Waals surface area contributed by atoms with Crippen LogP contribution in [0.1, 0.15) is 43.7 Å². The van der Waals surface area contributed by atoms with Gasteiger partial charge in [0.2, 0.25) is 11.8 Å². The summed E-state index contributed by atoms with van der Waals surface area (Å²) < 4.78 is 28.5. The van der Waals surface area contributed by atoms with Crippen LogP contribution >= 0.6 is 0 Å². The highest BCUT2D eigenvalue weighted by Gasteiger charge is 2.33. The zero-order valence-electron chi connectivity index (χ0n) is 21.9. The second kappa shape index (κ2) is 12.3. The van der Waals surface area contributed by atoms with E-state index in [9.17, 15) is 18.0 Å². The summed E-state index contributed by atoms with van der Waals surface area (Å²) in [5, 5.41) is 3.09. The first kappa shape index (κ1) is 27.4.